The van der Waals surface area contributed by atoms with Gasteiger partial charge in [0.2, 0.25) is 0 Å². The molecular formula is C20H19F3N4OS. The number of aromatic nitrogens is 2. The van der Waals surface area contributed by atoms with Gasteiger partial charge in [0.05, 0.1) is 6.04 Å². The van der Waals surface area contributed by atoms with Crippen LogP contribution in [-0.4, -0.2) is 28.4 Å². The molecule has 0 bridgehead atoms. The minimum atomic E-state index is -4.46. The first-order chi connectivity index (χ1) is 13.9. The molecule has 2 unspecified atom stereocenters. The highest BCUT2D eigenvalue weighted by Gasteiger charge is 2.47. The zero-order valence-electron chi connectivity index (χ0n) is 15.3. The molecule has 2 N–H and O–H groups in total. The van der Waals surface area contributed by atoms with Crippen LogP contribution in [0.1, 0.15) is 39.4 Å². The molecule has 0 saturated carbocycles. The van der Waals surface area contributed by atoms with Crippen molar-refractivity contribution in [3.63, 3.8) is 0 Å². The van der Waals surface area contributed by atoms with Crippen molar-refractivity contribution in [1.82, 2.24) is 15.1 Å². The quantitative estimate of drug-likeness (QED) is 0.635. The number of amides is 1. The van der Waals surface area contributed by atoms with E-state index in [-0.39, 0.29) is 17.9 Å². The van der Waals surface area contributed by atoms with Crippen molar-refractivity contribution in [2.24, 2.45) is 0 Å². The molecule has 2 aromatic heterocycles. The largest absolute Gasteiger partial charge is 0.410 e. The normalized spacial score (nSPS) is 18.7. The lowest BCUT2D eigenvalue weighted by molar-refractivity contribution is -0.173. The Balaban J connectivity index is 1.50. The molecule has 1 amide bonds. The average Bonchev–Trinajstić information content (AvgIpc) is 3.37. The minimum absolute atomic E-state index is 0.0263. The lowest BCUT2D eigenvalue weighted by Crippen LogP contribution is -2.35. The average molecular weight is 420 g/mol. The Labute approximate surface area is 169 Å². The highest BCUT2D eigenvalue weighted by molar-refractivity contribution is 7.10. The van der Waals surface area contributed by atoms with Crippen LogP contribution >= 0.6 is 11.3 Å². The smallest absolute Gasteiger partial charge is 0.363 e. The Hall–Kier alpha value is -2.81. The number of nitrogens with one attached hydrogen (secondary N) is 2. The van der Waals surface area contributed by atoms with Crippen molar-refractivity contribution >= 4 is 23.1 Å². The number of fused-ring (bicyclic) bond motifs is 1. The molecule has 0 aliphatic carbocycles. The summed E-state index contributed by atoms with van der Waals surface area (Å²) in [6.07, 6.45) is -4.00. The van der Waals surface area contributed by atoms with Crippen molar-refractivity contribution in [2.75, 3.05) is 11.9 Å². The molecule has 3 aromatic rings. The second-order valence-corrected chi connectivity index (χ2v) is 7.84. The number of thiophene rings is 1. The van der Waals surface area contributed by atoms with Crippen LogP contribution in [0.5, 0.6) is 0 Å². The number of benzene rings is 1. The summed E-state index contributed by atoms with van der Waals surface area (Å²) in [5, 5.41) is 11.6. The van der Waals surface area contributed by atoms with Crippen molar-refractivity contribution in [3.8, 4) is 0 Å². The Morgan fingerprint density at radius 2 is 2.03 bits per heavy atom. The second kappa shape index (κ2) is 7.90. The van der Waals surface area contributed by atoms with E-state index in [1.807, 2.05) is 41.8 Å². The Morgan fingerprint density at radius 1 is 1.24 bits per heavy atom. The van der Waals surface area contributed by atoms with E-state index in [9.17, 15) is 18.0 Å². The summed E-state index contributed by atoms with van der Waals surface area (Å²) in [6, 6.07) is 12.4. The van der Waals surface area contributed by atoms with Gasteiger partial charge in [-0.25, -0.2) is 4.68 Å². The first-order valence-corrected chi connectivity index (χ1v) is 10.1. The fourth-order valence-electron chi connectivity index (χ4n) is 3.42. The lowest BCUT2D eigenvalue weighted by Gasteiger charge is -2.32. The lowest BCUT2D eigenvalue weighted by atomic mass is 10.0. The van der Waals surface area contributed by atoms with Gasteiger partial charge in [0.25, 0.3) is 5.91 Å². The van der Waals surface area contributed by atoms with Gasteiger partial charge in [-0.2, -0.15) is 18.3 Å². The van der Waals surface area contributed by atoms with Gasteiger partial charge in [-0.05, 0) is 23.4 Å². The first kappa shape index (κ1) is 19.5. The van der Waals surface area contributed by atoms with Gasteiger partial charge in [0, 0.05) is 23.9 Å². The van der Waals surface area contributed by atoms with Gasteiger partial charge in [-0.3, -0.25) is 4.79 Å². The van der Waals surface area contributed by atoms with Gasteiger partial charge < -0.3 is 10.6 Å². The van der Waals surface area contributed by atoms with Crippen LogP contribution in [0.3, 0.4) is 0 Å². The third-order valence-electron chi connectivity index (χ3n) is 4.85. The number of halogens is 3. The summed E-state index contributed by atoms with van der Waals surface area (Å²) in [4.78, 5) is 13.2. The summed E-state index contributed by atoms with van der Waals surface area (Å²) in [5.74, 6) is -0.289. The van der Waals surface area contributed by atoms with E-state index < -0.39 is 24.2 Å². The Bertz CT molecular complexity index is 970. The molecule has 0 radical (unpaired) electrons. The summed E-state index contributed by atoms with van der Waals surface area (Å²) in [7, 11) is 0. The first-order valence-electron chi connectivity index (χ1n) is 9.20. The number of anilines is 1. The minimum Gasteiger partial charge on any atom is -0.363 e. The molecule has 5 nitrogen and oxygen atoms in total. The van der Waals surface area contributed by atoms with Crippen LogP contribution < -0.4 is 10.6 Å². The molecule has 1 aliphatic rings. The molecule has 1 aliphatic heterocycles. The van der Waals surface area contributed by atoms with Crippen LogP contribution in [0.25, 0.3) is 0 Å². The number of hydrogen-bond acceptors (Lipinski definition) is 4. The van der Waals surface area contributed by atoms with Crippen LogP contribution in [0.15, 0.2) is 53.9 Å². The number of carbonyl (C=O) groups is 1. The topological polar surface area (TPSA) is 59.0 Å². The number of carbonyl (C=O) groups excluding carboxylic acids is 1. The molecule has 152 valence electrons. The van der Waals surface area contributed by atoms with Crippen LogP contribution in [0, 0.1) is 0 Å². The fourth-order valence-corrected chi connectivity index (χ4v) is 4.21. The van der Waals surface area contributed by atoms with Crippen LogP contribution in [-0.2, 0) is 6.42 Å². The van der Waals surface area contributed by atoms with Gasteiger partial charge >= 0.3 is 6.18 Å². The maximum atomic E-state index is 13.6. The van der Waals surface area contributed by atoms with Crippen LogP contribution in [0.4, 0.5) is 19.0 Å². The third-order valence-corrected chi connectivity index (χ3v) is 5.84. The standard InChI is InChI=1S/C20H19F3N4OS/c21-20(22,23)17-11-14(16-7-4-10-29-16)25-18-12-15(26-27(17)18)19(28)24-9-8-13-5-2-1-3-6-13/h1-7,10,12,14,17,25H,8-9,11H2,(H,24,28). The molecule has 1 aromatic carbocycles. The molecule has 0 saturated heterocycles. The number of rotatable bonds is 5. The summed E-state index contributed by atoms with van der Waals surface area (Å²) in [5.41, 5.74) is 1.04. The molecule has 9 heteroatoms. The highest BCUT2D eigenvalue weighted by atomic mass is 32.1. The highest BCUT2D eigenvalue weighted by Crippen LogP contribution is 2.44. The maximum Gasteiger partial charge on any atom is 0.410 e. The van der Waals surface area contributed by atoms with Gasteiger partial charge in [-0.15, -0.1) is 11.3 Å². The summed E-state index contributed by atoms with van der Waals surface area (Å²) in [6.45, 7) is 0.374. The predicted octanol–water partition coefficient (Wildman–Crippen LogP) is 4.58. The van der Waals surface area contributed by atoms with Gasteiger partial charge in [0.15, 0.2) is 11.7 Å². The van der Waals surface area contributed by atoms with Crippen molar-refractivity contribution < 1.29 is 18.0 Å². The fraction of sp³-hybridized carbons (Fsp3) is 0.300. The van der Waals surface area contributed by atoms with E-state index >= 15 is 0 Å². The molecule has 29 heavy (non-hydrogen) atoms. The van der Waals surface area contributed by atoms with Crippen molar-refractivity contribution in [1.29, 1.82) is 0 Å². The number of hydrogen-bond donors (Lipinski definition) is 2. The number of alkyl halides is 3. The zero-order valence-corrected chi connectivity index (χ0v) is 16.1. The van der Waals surface area contributed by atoms with E-state index in [1.165, 1.54) is 17.4 Å². The molecule has 3 heterocycles. The van der Waals surface area contributed by atoms with Crippen molar-refractivity contribution in [2.45, 2.75) is 31.1 Å². The predicted molar refractivity (Wildman–Crippen MR) is 105 cm³/mol. The molecule has 0 spiro atoms. The molecule has 2 atom stereocenters. The monoisotopic (exact) mass is 420 g/mol. The summed E-state index contributed by atoms with van der Waals surface area (Å²) < 4.78 is 41.8. The van der Waals surface area contributed by atoms with Gasteiger partial charge in [0.1, 0.15) is 5.82 Å². The SMILES string of the molecule is O=C(NCCc1ccccc1)c1cc2n(n1)C(C(F)(F)F)CC(c1cccs1)N2. The third kappa shape index (κ3) is 4.29. The molecule has 0 fully saturated rings. The van der Waals surface area contributed by atoms with E-state index in [4.69, 9.17) is 0 Å². The van der Waals surface area contributed by atoms with E-state index in [1.54, 1.807) is 6.07 Å². The van der Waals surface area contributed by atoms with Crippen LogP contribution in [0.2, 0.25) is 0 Å². The number of nitrogens with zero attached hydrogens (tertiary/aromatic N) is 2. The molecule has 4 rings (SSSR count). The van der Waals surface area contributed by atoms with E-state index in [2.05, 4.69) is 15.7 Å². The Morgan fingerprint density at radius 3 is 2.72 bits per heavy atom. The summed E-state index contributed by atoms with van der Waals surface area (Å²) >= 11 is 1.40. The second-order valence-electron chi connectivity index (χ2n) is 6.86. The zero-order chi connectivity index (χ0) is 20.4. The van der Waals surface area contributed by atoms with Crippen molar-refractivity contribution in [3.05, 3.63) is 70.0 Å². The van der Waals surface area contributed by atoms with E-state index in [0.29, 0.717) is 13.0 Å². The maximum absolute atomic E-state index is 13.6. The van der Waals surface area contributed by atoms with E-state index in [0.717, 1.165) is 15.1 Å². The molecular weight excluding hydrogens is 401 g/mol. The van der Waals surface area contributed by atoms with Gasteiger partial charge in [-0.1, -0.05) is 36.4 Å². The Kier molecular flexibility index (Phi) is 5.31.